The minimum absolute atomic E-state index is 0.532. The SMILES string of the molecule is Cc1cccnc1Nc1ncnc(N2CCCc3ccccc32)c1N. The Morgan fingerprint density at radius 3 is 2.80 bits per heavy atom. The van der Waals surface area contributed by atoms with Crippen LogP contribution in [0.1, 0.15) is 17.5 Å². The molecule has 0 atom stereocenters. The number of pyridine rings is 1. The first-order chi connectivity index (χ1) is 12.2. The average Bonchev–Trinajstić information content (AvgIpc) is 2.65. The summed E-state index contributed by atoms with van der Waals surface area (Å²) in [7, 11) is 0. The van der Waals surface area contributed by atoms with E-state index in [1.807, 2.05) is 25.1 Å². The number of anilines is 5. The molecule has 0 aliphatic carbocycles. The van der Waals surface area contributed by atoms with Gasteiger partial charge in [-0.3, -0.25) is 0 Å². The molecule has 2 aromatic heterocycles. The van der Waals surface area contributed by atoms with Crippen molar-refractivity contribution >= 4 is 28.8 Å². The van der Waals surface area contributed by atoms with E-state index in [1.165, 1.54) is 11.3 Å². The fourth-order valence-electron chi connectivity index (χ4n) is 3.18. The van der Waals surface area contributed by atoms with Crippen molar-refractivity contribution in [3.8, 4) is 0 Å². The number of nitrogens with one attached hydrogen (secondary N) is 1. The van der Waals surface area contributed by atoms with Crippen molar-refractivity contribution in [1.82, 2.24) is 15.0 Å². The molecule has 6 nitrogen and oxygen atoms in total. The molecule has 3 aromatic rings. The van der Waals surface area contributed by atoms with Gasteiger partial charge in [0.25, 0.3) is 0 Å². The summed E-state index contributed by atoms with van der Waals surface area (Å²) in [4.78, 5) is 15.3. The predicted octanol–water partition coefficient (Wildman–Crippen LogP) is 3.59. The van der Waals surface area contributed by atoms with Gasteiger partial charge < -0.3 is 16.0 Å². The van der Waals surface area contributed by atoms with Gasteiger partial charge in [0, 0.05) is 18.4 Å². The lowest BCUT2D eigenvalue weighted by Crippen LogP contribution is -2.26. The number of benzene rings is 1. The van der Waals surface area contributed by atoms with Crippen LogP contribution in [0.4, 0.5) is 28.8 Å². The zero-order valence-corrected chi connectivity index (χ0v) is 14.1. The number of rotatable bonds is 3. The van der Waals surface area contributed by atoms with Crippen molar-refractivity contribution in [2.75, 3.05) is 22.5 Å². The van der Waals surface area contributed by atoms with Crippen molar-refractivity contribution in [2.45, 2.75) is 19.8 Å². The summed E-state index contributed by atoms with van der Waals surface area (Å²) >= 11 is 0. The molecule has 25 heavy (non-hydrogen) atoms. The number of hydrogen-bond donors (Lipinski definition) is 2. The third-order valence-corrected chi connectivity index (χ3v) is 4.48. The van der Waals surface area contributed by atoms with E-state index >= 15 is 0 Å². The lowest BCUT2D eigenvalue weighted by Gasteiger charge is -2.31. The second kappa shape index (κ2) is 6.39. The molecular formula is C19H20N6. The quantitative estimate of drug-likeness (QED) is 0.763. The highest BCUT2D eigenvalue weighted by molar-refractivity contribution is 5.82. The minimum Gasteiger partial charge on any atom is -0.393 e. The molecule has 0 bridgehead atoms. The Labute approximate surface area is 146 Å². The summed E-state index contributed by atoms with van der Waals surface area (Å²) in [5.74, 6) is 2.06. The van der Waals surface area contributed by atoms with Gasteiger partial charge in [-0.05, 0) is 43.0 Å². The summed E-state index contributed by atoms with van der Waals surface area (Å²) in [6.45, 7) is 2.88. The molecule has 0 saturated heterocycles. The molecule has 0 saturated carbocycles. The summed E-state index contributed by atoms with van der Waals surface area (Å²) in [6.07, 6.45) is 5.44. The minimum atomic E-state index is 0.532. The van der Waals surface area contributed by atoms with E-state index in [2.05, 4.69) is 43.4 Å². The summed E-state index contributed by atoms with van der Waals surface area (Å²) < 4.78 is 0. The van der Waals surface area contributed by atoms with Crippen LogP contribution in [-0.4, -0.2) is 21.5 Å². The average molecular weight is 332 g/mol. The van der Waals surface area contributed by atoms with E-state index in [1.54, 1.807) is 12.5 Å². The Morgan fingerprint density at radius 1 is 1.04 bits per heavy atom. The van der Waals surface area contributed by atoms with Crippen LogP contribution >= 0.6 is 0 Å². The van der Waals surface area contributed by atoms with Gasteiger partial charge in [0.05, 0.1) is 0 Å². The maximum atomic E-state index is 6.41. The van der Waals surface area contributed by atoms with Gasteiger partial charge in [-0.2, -0.15) is 0 Å². The van der Waals surface area contributed by atoms with Gasteiger partial charge in [-0.15, -0.1) is 0 Å². The Hall–Kier alpha value is -3.15. The first kappa shape index (κ1) is 15.4. The van der Waals surface area contributed by atoms with Crippen LogP contribution in [0.15, 0.2) is 48.9 Å². The molecule has 1 aliphatic heterocycles. The zero-order valence-electron chi connectivity index (χ0n) is 14.1. The van der Waals surface area contributed by atoms with Crippen LogP contribution in [0, 0.1) is 6.92 Å². The Bertz CT molecular complexity index is 908. The van der Waals surface area contributed by atoms with Crippen LogP contribution in [0.5, 0.6) is 0 Å². The molecule has 126 valence electrons. The monoisotopic (exact) mass is 332 g/mol. The van der Waals surface area contributed by atoms with Crippen molar-refractivity contribution in [2.24, 2.45) is 0 Å². The maximum absolute atomic E-state index is 6.41. The Balaban J connectivity index is 1.72. The van der Waals surface area contributed by atoms with Crippen LogP contribution < -0.4 is 16.0 Å². The van der Waals surface area contributed by atoms with Crippen LogP contribution in [-0.2, 0) is 6.42 Å². The molecule has 6 heteroatoms. The number of fused-ring (bicyclic) bond motifs is 1. The van der Waals surface area contributed by atoms with Crippen LogP contribution in [0.2, 0.25) is 0 Å². The van der Waals surface area contributed by atoms with Gasteiger partial charge >= 0.3 is 0 Å². The van der Waals surface area contributed by atoms with Gasteiger partial charge in [0.2, 0.25) is 0 Å². The van der Waals surface area contributed by atoms with E-state index in [9.17, 15) is 0 Å². The van der Waals surface area contributed by atoms with Crippen molar-refractivity contribution in [1.29, 1.82) is 0 Å². The summed E-state index contributed by atoms with van der Waals surface area (Å²) in [5, 5.41) is 3.23. The zero-order chi connectivity index (χ0) is 17.2. The first-order valence-electron chi connectivity index (χ1n) is 8.38. The topological polar surface area (TPSA) is 80.0 Å². The molecule has 4 rings (SSSR count). The van der Waals surface area contributed by atoms with Crippen molar-refractivity contribution in [3.63, 3.8) is 0 Å². The molecule has 1 aromatic carbocycles. The standard InChI is InChI=1S/C19H20N6/c1-13-6-4-10-21-17(13)24-18-16(20)19(23-12-22-18)25-11-5-8-14-7-2-3-9-15(14)25/h2-4,6-7,9-10,12H,5,8,11,20H2,1H3,(H,21,22,23,24). The number of para-hydroxylation sites is 1. The number of nitrogens with two attached hydrogens (primary N) is 1. The van der Waals surface area contributed by atoms with Crippen molar-refractivity contribution < 1.29 is 0 Å². The van der Waals surface area contributed by atoms with Crippen LogP contribution in [0.25, 0.3) is 0 Å². The summed E-state index contributed by atoms with van der Waals surface area (Å²) in [5.41, 5.74) is 10.5. The molecule has 3 heterocycles. The lowest BCUT2D eigenvalue weighted by molar-refractivity contribution is 0.759. The third-order valence-electron chi connectivity index (χ3n) is 4.48. The largest absolute Gasteiger partial charge is 0.393 e. The number of aromatic nitrogens is 3. The van der Waals surface area contributed by atoms with Crippen molar-refractivity contribution in [3.05, 3.63) is 60.0 Å². The second-order valence-electron chi connectivity index (χ2n) is 6.14. The highest BCUT2D eigenvalue weighted by Crippen LogP contribution is 2.37. The van der Waals surface area contributed by atoms with Gasteiger partial charge in [-0.25, -0.2) is 15.0 Å². The number of nitrogen functional groups attached to an aromatic ring is 1. The third kappa shape index (κ3) is 2.87. The highest BCUT2D eigenvalue weighted by Gasteiger charge is 2.22. The molecule has 0 unspecified atom stereocenters. The molecule has 0 radical (unpaired) electrons. The highest BCUT2D eigenvalue weighted by atomic mass is 15.2. The van der Waals surface area contributed by atoms with E-state index in [4.69, 9.17) is 5.73 Å². The Morgan fingerprint density at radius 2 is 1.92 bits per heavy atom. The molecule has 1 aliphatic rings. The molecule has 0 fully saturated rings. The number of nitrogens with zero attached hydrogens (tertiary/aromatic N) is 4. The van der Waals surface area contributed by atoms with Gasteiger partial charge in [-0.1, -0.05) is 24.3 Å². The lowest BCUT2D eigenvalue weighted by atomic mass is 10.0. The van der Waals surface area contributed by atoms with E-state index in [0.29, 0.717) is 11.5 Å². The fraction of sp³-hybridized carbons (Fsp3) is 0.211. The van der Waals surface area contributed by atoms with E-state index in [-0.39, 0.29) is 0 Å². The number of hydrogen-bond acceptors (Lipinski definition) is 6. The summed E-state index contributed by atoms with van der Waals surface area (Å²) in [6, 6.07) is 12.3. The fourth-order valence-corrected chi connectivity index (χ4v) is 3.18. The van der Waals surface area contributed by atoms with E-state index in [0.717, 1.165) is 36.6 Å². The second-order valence-corrected chi connectivity index (χ2v) is 6.14. The predicted molar refractivity (Wildman–Crippen MR) is 100 cm³/mol. The Kier molecular flexibility index (Phi) is 3.93. The number of aryl methyl sites for hydroxylation is 2. The van der Waals surface area contributed by atoms with Crippen LogP contribution in [0.3, 0.4) is 0 Å². The molecule has 3 N–H and O–H groups in total. The first-order valence-corrected chi connectivity index (χ1v) is 8.38. The van der Waals surface area contributed by atoms with Gasteiger partial charge in [0.15, 0.2) is 11.6 Å². The molecule has 0 amide bonds. The van der Waals surface area contributed by atoms with E-state index < -0.39 is 0 Å². The molecule has 0 spiro atoms. The molecular weight excluding hydrogens is 312 g/mol. The normalized spacial score (nSPS) is 13.4. The smallest absolute Gasteiger partial charge is 0.161 e. The maximum Gasteiger partial charge on any atom is 0.161 e. The van der Waals surface area contributed by atoms with Gasteiger partial charge in [0.1, 0.15) is 17.8 Å².